The van der Waals surface area contributed by atoms with Gasteiger partial charge < -0.3 is 15.2 Å². The Labute approximate surface area is 103 Å². The molecule has 0 aliphatic heterocycles. The van der Waals surface area contributed by atoms with Crippen molar-refractivity contribution in [2.24, 2.45) is 5.92 Å². The van der Waals surface area contributed by atoms with Gasteiger partial charge in [0.1, 0.15) is 5.60 Å². The number of hydrogen-bond acceptors (Lipinski definition) is 3. The van der Waals surface area contributed by atoms with E-state index in [1.165, 1.54) is 0 Å². The monoisotopic (exact) mass is 265 g/mol. The van der Waals surface area contributed by atoms with Crippen molar-refractivity contribution in [3.8, 4) is 0 Å². The molecule has 7 heteroatoms. The lowest BCUT2D eigenvalue weighted by atomic mass is 10.0. The van der Waals surface area contributed by atoms with E-state index in [2.05, 4.69) is 5.32 Å². The van der Waals surface area contributed by atoms with Crippen LogP contribution in [0.5, 0.6) is 0 Å². The largest absolute Gasteiger partial charge is 0.481 e. The first-order valence-electron chi connectivity index (χ1n) is 5.60. The SMILES string of the molecule is CC(C)(C)OC(=O)N[C@H]1CC(F)(F)C[C@H]1C(=O)O. The molecule has 18 heavy (non-hydrogen) atoms. The van der Waals surface area contributed by atoms with Crippen LogP contribution in [0.15, 0.2) is 0 Å². The van der Waals surface area contributed by atoms with Crippen LogP contribution < -0.4 is 5.32 Å². The second-order valence-electron chi connectivity index (χ2n) is 5.46. The fourth-order valence-electron chi connectivity index (χ4n) is 1.88. The molecule has 0 spiro atoms. The third-order valence-electron chi connectivity index (χ3n) is 2.54. The minimum atomic E-state index is -3.07. The van der Waals surface area contributed by atoms with E-state index in [1.807, 2.05) is 0 Å². The topological polar surface area (TPSA) is 75.6 Å². The van der Waals surface area contributed by atoms with Gasteiger partial charge in [0.15, 0.2) is 0 Å². The predicted octanol–water partition coefficient (Wildman–Crippen LogP) is 2.01. The number of nitrogens with one attached hydrogen (secondary N) is 1. The van der Waals surface area contributed by atoms with Crippen LogP contribution in [-0.2, 0) is 9.53 Å². The van der Waals surface area contributed by atoms with Crippen LogP contribution in [0.25, 0.3) is 0 Å². The second-order valence-corrected chi connectivity index (χ2v) is 5.46. The van der Waals surface area contributed by atoms with Crippen molar-refractivity contribution in [3.63, 3.8) is 0 Å². The maximum absolute atomic E-state index is 13.1. The van der Waals surface area contributed by atoms with Crippen LogP contribution in [0.3, 0.4) is 0 Å². The zero-order valence-corrected chi connectivity index (χ0v) is 10.5. The molecule has 2 N–H and O–H groups in total. The van der Waals surface area contributed by atoms with Gasteiger partial charge in [0.25, 0.3) is 5.92 Å². The summed E-state index contributed by atoms with van der Waals surface area (Å²) in [6.45, 7) is 4.89. The van der Waals surface area contributed by atoms with Crippen molar-refractivity contribution in [3.05, 3.63) is 0 Å². The van der Waals surface area contributed by atoms with Crippen LogP contribution in [-0.4, -0.2) is 34.7 Å². The summed E-state index contributed by atoms with van der Waals surface area (Å²) >= 11 is 0. The molecule has 0 unspecified atom stereocenters. The van der Waals surface area contributed by atoms with E-state index in [0.29, 0.717) is 0 Å². The van der Waals surface area contributed by atoms with E-state index in [1.54, 1.807) is 20.8 Å². The molecule has 1 rings (SSSR count). The summed E-state index contributed by atoms with van der Waals surface area (Å²) in [4.78, 5) is 22.3. The summed E-state index contributed by atoms with van der Waals surface area (Å²) in [7, 11) is 0. The number of rotatable bonds is 2. The fourth-order valence-corrected chi connectivity index (χ4v) is 1.88. The predicted molar refractivity (Wildman–Crippen MR) is 58.5 cm³/mol. The van der Waals surface area contributed by atoms with Crippen LogP contribution in [0.4, 0.5) is 13.6 Å². The fraction of sp³-hybridized carbons (Fsp3) is 0.818. The summed E-state index contributed by atoms with van der Waals surface area (Å²) in [6.07, 6.45) is -2.32. The first kappa shape index (κ1) is 14.7. The standard InChI is InChI=1S/C11H17F2NO4/c1-10(2,3)18-9(17)14-7-5-11(12,13)4-6(7)8(15)16/h6-7H,4-5H2,1-3H3,(H,14,17)(H,15,16)/t6-,7+/m1/s1. The van der Waals surface area contributed by atoms with E-state index in [-0.39, 0.29) is 0 Å². The normalized spacial score (nSPS) is 26.7. The van der Waals surface area contributed by atoms with Crippen LogP contribution in [0, 0.1) is 5.92 Å². The molecule has 5 nitrogen and oxygen atoms in total. The molecule has 0 saturated heterocycles. The lowest BCUT2D eigenvalue weighted by Crippen LogP contribution is -2.43. The maximum Gasteiger partial charge on any atom is 0.407 e. The Balaban J connectivity index is 2.65. The molecule has 1 amide bonds. The lowest BCUT2D eigenvalue weighted by Gasteiger charge is -2.23. The van der Waals surface area contributed by atoms with Gasteiger partial charge in [-0.3, -0.25) is 4.79 Å². The van der Waals surface area contributed by atoms with Gasteiger partial charge in [0.2, 0.25) is 0 Å². The molecular weight excluding hydrogens is 248 g/mol. The third kappa shape index (κ3) is 4.12. The maximum atomic E-state index is 13.1. The molecule has 1 fully saturated rings. The van der Waals surface area contributed by atoms with Gasteiger partial charge in [-0.05, 0) is 20.8 Å². The summed E-state index contributed by atoms with van der Waals surface area (Å²) in [6, 6.07) is -1.10. The van der Waals surface area contributed by atoms with Gasteiger partial charge in [0, 0.05) is 12.8 Å². The number of amides is 1. The number of alkyl halides is 2. The molecule has 1 aliphatic rings. The molecule has 0 radical (unpaired) electrons. The summed E-state index contributed by atoms with van der Waals surface area (Å²) in [5, 5.41) is 11.0. The van der Waals surface area contributed by atoms with Gasteiger partial charge in [-0.2, -0.15) is 0 Å². The van der Waals surface area contributed by atoms with E-state index < -0.39 is 48.4 Å². The molecular formula is C11H17F2NO4. The molecule has 0 aromatic rings. The molecule has 1 saturated carbocycles. The highest BCUT2D eigenvalue weighted by atomic mass is 19.3. The Kier molecular flexibility index (Phi) is 3.83. The van der Waals surface area contributed by atoms with Crippen molar-refractivity contribution >= 4 is 12.1 Å². The average Bonchev–Trinajstić information content (AvgIpc) is 2.37. The number of carbonyl (C=O) groups is 2. The Morgan fingerprint density at radius 3 is 2.33 bits per heavy atom. The van der Waals surface area contributed by atoms with Crippen molar-refractivity contribution in [1.29, 1.82) is 0 Å². The summed E-state index contributed by atoms with van der Waals surface area (Å²) < 4.78 is 31.2. The second kappa shape index (κ2) is 4.70. The molecule has 0 bridgehead atoms. The number of carbonyl (C=O) groups excluding carboxylic acids is 1. The highest BCUT2D eigenvalue weighted by Crippen LogP contribution is 2.39. The lowest BCUT2D eigenvalue weighted by molar-refractivity contribution is -0.143. The van der Waals surface area contributed by atoms with Gasteiger partial charge in [-0.15, -0.1) is 0 Å². The number of halogens is 2. The minimum Gasteiger partial charge on any atom is -0.481 e. The van der Waals surface area contributed by atoms with Crippen LogP contribution in [0.2, 0.25) is 0 Å². The zero-order valence-electron chi connectivity index (χ0n) is 10.5. The summed E-state index contributed by atoms with van der Waals surface area (Å²) in [5.41, 5.74) is -0.760. The van der Waals surface area contributed by atoms with E-state index >= 15 is 0 Å². The quantitative estimate of drug-likeness (QED) is 0.800. The van der Waals surface area contributed by atoms with Crippen molar-refractivity contribution < 1.29 is 28.2 Å². The molecule has 0 aromatic carbocycles. The van der Waals surface area contributed by atoms with Crippen molar-refractivity contribution in [1.82, 2.24) is 5.32 Å². The van der Waals surface area contributed by atoms with Crippen LogP contribution >= 0.6 is 0 Å². The minimum absolute atomic E-state index is 0.677. The van der Waals surface area contributed by atoms with E-state index in [4.69, 9.17) is 9.84 Å². The number of hydrogen-bond donors (Lipinski definition) is 2. The van der Waals surface area contributed by atoms with Crippen LogP contribution in [0.1, 0.15) is 33.6 Å². The number of aliphatic carboxylic acids is 1. The van der Waals surface area contributed by atoms with Gasteiger partial charge >= 0.3 is 12.1 Å². The molecule has 0 aromatic heterocycles. The Hall–Kier alpha value is -1.40. The average molecular weight is 265 g/mol. The smallest absolute Gasteiger partial charge is 0.407 e. The molecule has 2 atom stereocenters. The van der Waals surface area contributed by atoms with E-state index in [0.717, 1.165) is 0 Å². The van der Waals surface area contributed by atoms with Gasteiger partial charge in [-0.25, -0.2) is 13.6 Å². The highest BCUT2D eigenvalue weighted by Gasteiger charge is 2.50. The molecule has 104 valence electrons. The number of carboxylic acid groups (broad SMARTS) is 1. The van der Waals surface area contributed by atoms with Crippen molar-refractivity contribution in [2.75, 3.05) is 0 Å². The highest BCUT2D eigenvalue weighted by molar-refractivity contribution is 5.74. The van der Waals surface area contributed by atoms with Crippen molar-refractivity contribution in [2.45, 2.75) is 51.2 Å². The molecule has 0 heterocycles. The number of ether oxygens (including phenoxy) is 1. The Morgan fingerprint density at radius 1 is 1.33 bits per heavy atom. The zero-order chi connectivity index (χ0) is 14.1. The first-order valence-corrected chi connectivity index (χ1v) is 5.60. The first-order chi connectivity index (χ1) is 8.00. The van der Waals surface area contributed by atoms with Gasteiger partial charge in [0.05, 0.1) is 12.0 Å². The molecule has 1 aliphatic carbocycles. The Morgan fingerprint density at radius 2 is 1.89 bits per heavy atom. The van der Waals surface area contributed by atoms with E-state index in [9.17, 15) is 18.4 Å². The number of alkyl carbamates (subject to hydrolysis) is 1. The number of carboxylic acids is 1. The Bertz CT molecular complexity index is 351. The summed E-state index contributed by atoms with van der Waals surface area (Å²) in [5.74, 6) is -5.69. The van der Waals surface area contributed by atoms with Gasteiger partial charge in [-0.1, -0.05) is 0 Å². The third-order valence-corrected chi connectivity index (χ3v) is 2.54.